The summed E-state index contributed by atoms with van der Waals surface area (Å²) in [6.45, 7) is 0.769. The van der Waals surface area contributed by atoms with Gasteiger partial charge in [0.25, 0.3) is 0 Å². The third-order valence-electron chi connectivity index (χ3n) is 5.03. The van der Waals surface area contributed by atoms with Gasteiger partial charge in [0.05, 0.1) is 17.5 Å². The molecule has 0 saturated heterocycles. The molecule has 5 nitrogen and oxygen atoms in total. The standard InChI is InChI=1S/C21H27F3N4O/c1-25-19(27-15-20(12-4-5-13-20)18(29)28(2)3)26-14-6-7-16-8-10-17(11-9-16)21(22,23)24/h8-11H,4-5,12-15H2,1-3H3,(H2,25,26,27). The van der Waals surface area contributed by atoms with Crippen LogP contribution in [0.3, 0.4) is 0 Å². The first kappa shape index (κ1) is 22.6. The number of amides is 1. The summed E-state index contributed by atoms with van der Waals surface area (Å²) >= 11 is 0. The van der Waals surface area contributed by atoms with Crippen molar-refractivity contribution in [3.05, 3.63) is 35.4 Å². The number of alkyl halides is 3. The molecular weight excluding hydrogens is 381 g/mol. The molecule has 1 saturated carbocycles. The van der Waals surface area contributed by atoms with Crippen molar-refractivity contribution in [1.82, 2.24) is 15.5 Å². The van der Waals surface area contributed by atoms with Gasteiger partial charge in [-0.2, -0.15) is 13.2 Å². The summed E-state index contributed by atoms with van der Waals surface area (Å²) in [5.74, 6) is 6.34. The van der Waals surface area contributed by atoms with Gasteiger partial charge in [0.2, 0.25) is 5.91 Å². The van der Waals surface area contributed by atoms with E-state index in [4.69, 9.17) is 0 Å². The number of rotatable bonds is 4. The van der Waals surface area contributed by atoms with E-state index < -0.39 is 17.2 Å². The second kappa shape index (κ2) is 9.68. The minimum Gasteiger partial charge on any atom is -0.355 e. The molecule has 1 aliphatic carbocycles. The van der Waals surface area contributed by atoms with Gasteiger partial charge >= 0.3 is 6.18 Å². The highest BCUT2D eigenvalue weighted by Gasteiger charge is 2.42. The Morgan fingerprint density at radius 3 is 2.31 bits per heavy atom. The maximum atomic E-state index is 12.6. The Balaban J connectivity index is 1.88. The molecule has 0 atom stereocenters. The van der Waals surface area contributed by atoms with Crippen LogP contribution in [-0.2, 0) is 11.0 Å². The minimum absolute atomic E-state index is 0.125. The van der Waals surface area contributed by atoms with Crippen LogP contribution in [0.15, 0.2) is 29.3 Å². The number of hydrogen-bond acceptors (Lipinski definition) is 2. The Kier molecular flexibility index (Phi) is 7.54. The Morgan fingerprint density at radius 2 is 1.79 bits per heavy atom. The lowest BCUT2D eigenvalue weighted by molar-refractivity contribution is -0.139. The van der Waals surface area contributed by atoms with Gasteiger partial charge in [-0.1, -0.05) is 24.7 Å². The first-order valence-corrected chi connectivity index (χ1v) is 9.50. The number of nitrogens with one attached hydrogen (secondary N) is 2. The normalized spacial score (nSPS) is 16.0. The molecule has 2 rings (SSSR count). The molecule has 0 unspecified atom stereocenters. The first-order valence-electron chi connectivity index (χ1n) is 9.50. The molecule has 1 amide bonds. The Hall–Kier alpha value is -2.69. The Labute approximate surface area is 169 Å². The third-order valence-corrected chi connectivity index (χ3v) is 5.03. The van der Waals surface area contributed by atoms with E-state index in [1.54, 1.807) is 26.0 Å². The molecule has 1 fully saturated rings. The molecule has 1 aromatic rings. The molecule has 29 heavy (non-hydrogen) atoms. The van der Waals surface area contributed by atoms with Crippen molar-refractivity contribution in [1.29, 1.82) is 0 Å². The summed E-state index contributed by atoms with van der Waals surface area (Å²) in [5, 5.41) is 6.25. The molecule has 158 valence electrons. The van der Waals surface area contributed by atoms with Gasteiger partial charge < -0.3 is 15.5 Å². The van der Waals surface area contributed by atoms with Crippen molar-refractivity contribution in [2.45, 2.75) is 31.9 Å². The van der Waals surface area contributed by atoms with Gasteiger partial charge in [-0.05, 0) is 37.1 Å². The van der Waals surface area contributed by atoms with E-state index in [1.165, 1.54) is 12.1 Å². The SMILES string of the molecule is CN=C(NCC#Cc1ccc(C(F)(F)F)cc1)NCC1(C(=O)N(C)C)CCCC1. The number of halogens is 3. The van der Waals surface area contributed by atoms with Crippen LogP contribution in [0, 0.1) is 17.3 Å². The molecule has 8 heteroatoms. The van der Waals surface area contributed by atoms with Crippen molar-refractivity contribution >= 4 is 11.9 Å². The lowest BCUT2D eigenvalue weighted by Crippen LogP contribution is -2.49. The first-order chi connectivity index (χ1) is 13.7. The molecule has 0 spiro atoms. The Morgan fingerprint density at radius 1 is 1.17 bits per heavy atom. The van der Waals surface area contributed by atoms with Crippen molar-refractivity contribution in [2.24, 2.45) is 10.4 Å². The van der Waals surface area contributed by atoms with Crippen LogP contribution in [0.1, 0.15) is 36.8 Å². The van der Waals surface area contributed by atoms with Crippen LogP contribution >= 0.6 is 0 Å². The highest BCUT2D eigenvalue weighted by molar-refractivity contribution is 5.85. The smallest absolute Gasteiger partial charge is 0.355 e. The average molecular weight is 408 g/mol. The molecule has 0 heterocycles. The minimum atomic E-state index is -4.35. The number of aliphatic imine (C=N–C) groups is 1. The number of benzene rings is 1. The summed E-state index contributed by atoms with van der Waals surface area (Å²) in [4.78, 5) is 18.4. The van der Waals surface area contributed by atoms with Crippen molar-refractivity contribution in [3.63, 3.8) is 0 Å². The molecule has 0 bridgehead atoms. The van der Waals surface area contributed by atoms with Crippen LogP contribution in [0.25, 0.3) is 0 Å². The summed E-state index contributed by atoms with van der Waals surface area (Å²) in [6.07, 6.45) is -0.586. The largest absolute Gasteiger partial charge is 0.416 e. The summed E-state index contributed by atoms with van der Waals surface area (Å²) in [6, 6.07) is 4.72. The summed E-state index contributed by atoms with van der Waals surface area (Å²) in [5.41, 5.74) is -0.601. The number of guanidine groups is 1. The van der Waals surface area contributed by atoms with E-state index in [0.717, 1.165) is 37.8 Å². The number of carbonyl (C=O) groups excluding carboxylic acids is 1. The van der Waals surface area contributed by atoms with Crippen LogP contribution in [-0.4, -0.2) is 51.0 Å². The molecule has 0 aromatic heterocycles. The highest BCUT2D eigenvalue weighted by Crippen LogP contribution is 2.38. The maximum absolute atomic E-state index is 12.6. The van der Waals surface area contributed by atoms with E-state index in [9.17, 15) is 18.0 Å². The molecular formula is C21H27F3N4O. The van der Waals surface area contributed by atoms with E-state index in [0.29, 0.717) is 18.1 Å². The topological polar surface area (TPSA) is 56.7 Å². The van der Waals surface area contributed by atoms with Gasteiger partial charge in [0.1, 0.15) is 0 Å². The van der Waals surface area contributed by atoms with E-state index in [1.807, 2.05) is 0 Å². The van der Waals surface area contributed by atoms with E-state index in [2.05, 4.69) is 27.5 Å². The van der Waals surface area contributed by atoms with Gasteiger partial charge in [-0.15, -0.1) is 0 Å². The van der Waals surface area contributed by atoms with Crippen molar-refractivity contribution in [3.8, 4) is 11.8 Å². The van der Waals surface area contributed by atoms with Crippen LogP contribution in [0.2, 0.25) is 0 Å². The van der Waals surface area contributed by atoms with Crippen molar-refractivity contribution in [2.75, 3.05) is 34.2 Å². The highest BCUT2D eigenvalue weighted by atomic mass is 19.4. The predicted molar refractivity (Wildman–Crippen MR) is 107 cm³/mol. The summed E-state index contributed by atoms with van der Waals surface area (Å²) < 4.78 is 37.7. The fourth-order valence-electron chi connectivity index (χ4n) is 3.48. The molecule has 0 radical (unpaired) electrons. The maximum Gasteiger partial charge on any atom is 0.416 e. The molecule has 0 aliphatic heterocycles. The average Bonchev–Trinajstić information content (AvgIpc) is 3.16. The van der Waals surface area contributed by atoms with Gasteiger partial charge in [0, 0.05) is 33.3 Å². The van der Waals surface area contributed by atoms with Gasteiger partial charge in [-0.25, -0.2) is 0 Å². The number of carbonyl (C=O) groups is 1. The van der Waals surface area contributed by atoms with Crippen molar-refractivity contribution < 1.29 is 18.0 Å². The van der Waals surface area contributed by atoms with E-state index >= 15 is 0 Å². The molecule has 2 N–H and O–H groups in total. The fraction of sp³-hybridized carbons (Fsp3) is 0.524. The zero-order chi connectivity index (χ0) is 21.5. The second-order valence-electron chi connectivity index (χ2n) is 7.34. The molecule has 1 aliphatic rings. The van der Waals surface area contributed by atoms with Crippen LogP contribution < -0.4 is 10.6 Å². The van der Waals surface area contributed by atoms with Crippen LogP contribution in [0.4, 0.5) is 13.2 Å². The zero-order valence-corrected chi connectivity index (χ0v) is 17.0. The number of nitrogens with zero attached hydrogens (tertiary/aromatic N) is 2. The number of hydrogen-bond donors (Lipinski definition) is 2. The lowest BCUT2D eigenvalue weighted by Gasteiger charge is -2.31. The summed E-state index contributed by atoms with van der Waals surface area (Å²) in [7, 11) is 5.17. The van der Waals surface area contributed by atoms with Gasteiger partial charge in [0.15, 0.2) is 5.96 Å². The zero-order valence-electron chi connectivity index (χ0n) is 17.0. The second-order valence-corrected chi connectivity index (χ2v) is 7.34. The lowest BCUT2D eigenvalue weighted by atomic mass is 9.84. The van der Waals surface area contributed by atoms with Crippen LogP contribution in [0.5, 0.6) is 0 Å². The quantitative estimate of drug-likeness (QED) is 0.458. The Bertz CT molecular complexity index is 783. The monoisotopic (exact) mass is 408 g/mol. The third kappa shape index (κ3) is 6.14. The molecule has 1 aromatic carbocycles. The fourth-order valence-corrected chi connectivity index (χ4v) is 3.48. The van der Waals surface area contributed by atoms with E-state index in [-0.39, 0.29) is 12.5 Å². The predicted octanol–water partition coefficient (Wildman–Crippen LogP) is 2.87. The van der Waals surface area contributed by atoms with Gasteiger partial charge in [-0.3, -0.25) is 9.79 Å².